The molecule has 0 aromatic heterocycles. The van der Waals surface area contributed by atoms with Crippen LogP contribution in [0.1, 0.15) is 46.5 Å². The Morgan fingerprint density at radius 1 is 1.14 bits per heavy atom. The Morgan fingerprint density at radius 2 is 1.73 bits per heavy atom. The number of nitrogens with two attached hydrogens (primary N) is 1. The second kappa shape index (κ2) is 6.90. The molecule has 1 amide bonds. The van der Waals surface area contributed by atoms with E-state index in [1.165, 1.54) is 0 Å². The van der Waals surface area contributed by atoms with E-state index in [1.807, 2.05) is 45.0 Å². The smallest absolute Gasteiger partial charge is 0.407 e. The van der Waals surface area contributed by atoms with Gasteiger partial charge in [0.25, 0.3) is 0 Å². The van der Waals surface area contributed by atoms with Gasteiger partial charge in [-0.1, -0.05) is 0 Å². The van der Waals surface area contributed by atoms with Crippen molar-refractivity contribution >= 4 is 17.5 Å². The molecule has 5 nitrogen and oxygen atoms in total. The molecule has 1 aromatic carbocycles. The third kappa shape index (κ3) is 5.47. The molecule has 4 N–H and O–H groups in total. The van der Waals surface area contributed by atoms with Gasteiger partial charge in [-0.15, -0.1) is 0 Å². The standard InChI is InChI=1S/C17H27N3O2/c1-17(2,3)20-16(21)22-15-10-8-14(9-11-15)19-13-6-4-12(18)5-7-13/h4-7,14-15,19H,8-11,18H2,1-3H3,(H,20,21). The summed E-state index contributed by atoms with van der Waals surface area (Å²) in [5, 5.41) is 6.34. The lowest BCUT2D eigenvalue weighted by Gasteiger charge is -2.30. The van der Waals surface area contributed by atoms with Crippen LogP contribution >= 0.6 is 0 Å². The third-order valence-corrected chi connectivity index (χ3v) is 3.71. The molecule has 5 heteroatoms. The quantitative estimate of drug-likeness (QED) is 0.747. The van der Waals surface area contributed by atoms with Crippen LogP contribution in [0.5, 0.6) is 0 Å². The molecule has 1 fully saturated rings. The van der Waals surface area contributed by atoms with E-state index in [4.69, 9.17) is 10.5 Å². The Bertz CT molecular complexity index is 486. The van der Waals surface area contributed by atoms with Gasteiger partial charge in [0.15, 0.2) is 0 Å². The molecule has 1 aliphatic rings. The van der Waals surface area contributed by atoms with Crippen LogP contribution in [0, 0.1) is 0 Å². The summed E-state index contributed by atoms with van der Waals surface area (Å²) >= 11 is 0. The van der Waals surface area contributed by atoms with Crippen molar-refractivity contribution in [3.05, 3.63) is 24.3 Å². The Labute approximate surface area is 132 Å². The van der Waals surface area contributed by atoms with Crippen molar-refractivity contribution in [1.82, 2.24) is 5.32 Å². The van der Waals surface area contributed by atoms with Crippen molar-refractivity contribution in [2.24, 2.45) is 0 Å². The summed E-state index contributed by atoms with van der Waals surface area (Å²) in [6, 6.07) is 8.21. The minimum absolute atomic E-state index is 0.0202. The maximum Gasteiger partial charge on any atom is 0.407 e. The molecule has 0 saturated heterocycles. The molecule has 0 atom stereocenters. The summed E-state index contributed by atoms with van der Waals surface area (Å²) < 4.78 is 5.49. The maximum absolute atomic E-state index is 11.8. The Morgan fingerprint density at radius 3 is 2.27 bits per heavy atom. The van der Waals surface area contributed by atoms with Gasteiger partial charge in [-0.05, 0) is 70.7 Å². The molecule has 22 heavy (non-hydrogen) atoms. The molecule has 0 heterocycles. The van der Waals surface area contributed by atoms with Gasteiger partial charge in [-0.2, -0.15) is 0 Å². The van der Waals surface area contributed by atoms with Crippen LogP contribution in [0.15, 0.2) is 24.3 Å². The minimum Gasteiger partial charge on any atom is -0.446 e. The normalized spacial score (nSPS) is 22.0. The van der Waals surface area contributed by atoms with E-state index < -0.39 is 0 Å². The van der Waals surface area contributed by atoms with Crippen molar-refractivity contribution in [1.29, 1.82) is 0 Å². The van der Waals surface area contributed by atoms with E-state index in [9.17, 15) is 4.79 Å². The van der Waals surface area contributed by atoms with Gasteiger partial charge in [0, 0.05) is 23.0 Å². The molecule has 1 aliphatic carbocycles. The number of rotatable bonds is 3. The Balaban J connectivity index is 1.73. The summed E-state index contributed by atoms with van der Waals surface area (Å²) in [4.78, 5) is 11.8. The van der Waals surface area contributed by atoms with E-state index >= 15 is 0 Å². The van der Waals surface area contributed by atoms with E-state index in [1.54, 1.807) is 0 Å². The summed E-state index contributed by atoms with van der Waals surface area (Å²) in [7, 11) is 0. The summed E-state index contributed by atoms with van der Waals surface area (Å²) in [6.45, 7) is 5.84. The van der Waals surface area contributed by atoms with Gasteiger partial charge in [-0.25, -0.2) is 4.79 Å². The van der Waals surface area contributed by atoms with Crippen LogP contribution in [-0.2, 0) is 4.74 Å². The van der Waals surface area contributed by atoms with Crippen LogP contribution in [0.25, 0.3) is 0 Å². The molecule has 0 bridgehead atoms. The molecule has 2 rings (SSSR count). The van der Waals surface area contributed by atoms with Gasteiger partial charge in [0.2, 0.25) is 0 Å². The number of anilines is 2. The first-order valence-electron chi connectivity index (χ1n) is 7.93. The van der Waals surface area contributed by atoms with Crippen LogP contribution in [0.3, 0.4) is 0 Å². The van der Waals surface area contributed by atoms with Gasteiger partial charge in [0.1, 0.15) is 6.10 Å². The summed E-state index contributed by atoms with van der Waals surface area (Å²) in [6.07, 6.45) is 3.48. The number of alkyl carbamates (subject to hydrolysis) is 1. The molecule has 1 aromatic rings. The van der Waals surface area contributed by atoms with Gasteiger partial charge >= 0.3 is 6.09 Å². The molecule has 0 aliphatic heterocycles. The van der Waals surface area contributed by atoms with Crippen LogP contribution in [0.2, 0.25) is 0 Å². The highest BCUT2D eigenvalue weighted by molar-refractivity contribution is 5.68. The monoisotopic (exact) mass is 305 g/mol. The second-order valence-electron chi connectivity index (χ2n) is 7.02. The number of amides is 1. The second-order valence-corrected chi connectivity index (χ2v) is 7.02. The van der Waals surface area contributed by atoms with Gasteiger partial charge < -0.3 is 21.1 Å². The molecular formula is C17H27N3O2. The molecule has 0 unspecified atom stereocenters. The highest BCUT2D eigenvalue weighted by atomic mass is 16.6. The highest BCUT2D eigenvalue weighted by Crippen LogP contribution is 2.24. The molecular weight excluding hydrogens is 278 g/mol. The number of hydrogen-bond acceptors (Lipinski definition) is 4. The van der Waals surface area contributed by atoms with E-state index in [-0.39, 0.29) is 17.7 Å². The third-order valence-electron chi connectivity index (χ3n) is 3.71. The zero-order valence-electron chi connectivity index (χ0n) is 13.7. The number of hydrogen-bond donors (Lipinski definition) is 3. The van der Waals surface area contributed by atoms with Crippen molar-refractivity contribution in [3.63, 3.8) is 0 Å². The first-order valence-corrected chi connectivity index (χ1v) is 7.93. The first kappa shape index (κ1) is 16.5. The van der Waals surface area contributed by atoms with E-state index in [0.717, 1.165) is 37.1 Å². The summed E-state index contributed by atoms with van der Waals surface area (Å²) in [5.41, 5.74) is 7.28. The maximum atomic E-state index is 11.8. The summed E-state index contributed by atoms with van der Waals surface area (Å²) in [5.74, 6) is 0. The lowest BCUT2D eigenvalue weighted by atomic mass is 9.93. The highest BCUT2D eigenvalue weighted by Gasteiger charge is 2.25. The predicted molar refractivity (Wildman–Crippen MR) is 89.9 cm³/mol. The fourth-order valence-corrected chi connectivity index (χ4v) is 2.63. The average Bonchev–Trinajstić information content (AvgIpc) is 2.41. The van der Waals surface area contributed by atoms with Gasteiger partial charge in [-0.3, -0.25) is 0 Å². The lowest BCUT2D eigenvalue weighted by Crippen LogP contribution is -2.43. The first-order chi connectivity index (χ1) is 10.3. The molecule has 0 spiro atoms. The zero-order chi connectivity index (χ0) is 16.2. The van der Waals surface area contributed by atoms with Crippen LogP contribution in [0.4, 0.5) is 16.2 Å². The van der Waals surface area contributed by atoms with E-state index in [0.29, 0.717) is 6.04 Å². The Kier molecular flexibility index (Phi) is 5.16. The minimum atomic E-state index is -0.317. The van der Waals surface area contributed by atoms with Crippen molar-refractivity contribution < 1.29 is 9.53 Å². The number of carbonyl (C=O) groups is 1. The number of ether oxygens (including phenoxy) is 1. The SMILES string of the molecule is CC(C)(C)NC(=O)OC1CCC(Nc2ccc(N)cc2)CC1. The fraction of sp³-hybridized carbons (Fsp3) is 0.588. The average molecular weight is 305 g/mol. The number of carbonyl (C=O) groups excluding carboxylic acids is 1. The predicted octanol–water partition coefficient (Wildman–Crippen LogP) is 3.52. The number of nitrogen functional groups attached to an aromatic ring is 1. The molecule has 122 valence electrons. The van der Waals surface area contributed by atoms with Crippen molar-refractivity contribution in [2.75, 3.05) is 11.1 Å². The topological polar surface area (TPSA) is 76.4 Å². The van der Waals surface area contributed by atoms with Crippen molar-refractivity contribution in [2.45, 2.75) is 64.1 Å². The zero-order valence-corrected chi connectivity index (χ0v) is 13.7. The van der Waals surface area contributed by atoms with Crippen molar-refractivity contribution in [3.8, 4) is 0 Å². The lowest BCUT2D eigenvalue weighted by molar-refractivity contribution is 0.0682. The number of nitrogens with one attached hydrogen (secondary N) is 2. The van der Waals surface area contributed by atoms with Crippen LogP contribution in [-0.4, -0.2) is 23.8 Å². The van der Waals surface area contributed by atoms with Gasteiger partial charge in [0.05, 0.1) is 0 Å². The van der Waals surface area contributed by atoms with E-state index in [2.05, 4.69) is 10.6 Å². The van der Waals surface area contributed by atoms with Crippen LogP contribution < -0.4 is 16.4 Å². The fourth-order valence-electron chi connectivity index (χ4n) is 2.63. The number of benzene rings is 1. The molecule has 0 radical (unpaired) electrons. The molecule has 1 saturated carbocycles. The largest absolute Gasteiger partial charge is 0.446 e. The Hall–Kier alpha value is -1.91.